The van der Waals surface area contributed by atoms with Crippen LogP contribution >= 0.6 is 0 Å². The topological polar surface area (TPSA) is 134 Å². The van der Waals surface area contributed by atoms with Crippen molar-refractivity contribution in [1.82, 2.24) is 30.7 Å². The van der Waals surface area contributed by atoms with Crippen LogP contribution in [0.1, 0.15) is 38.5 Å². The third-order valence-electron chi connectivity index (χ3n) is 6.15. The Balaban J connectivity index is 1.52. The summed E-state index contributed by atoms with van der Waals surface area (Å²) in [7, 11) is 2.15. The second kappa shape index (κ2) is 14.8. The van der Waals surface area contributed by atoms with Crippen LogP contribution in [0.15, 0.2) is 0 Å². The number of hydrogen-bond acceptors (Lipinski definition) is 7. The van der Waals surface area contributed by atoms with E-state index in [-0.39, 0.29) is 50.1 Å². The molecule has 0 spiro atoms. The molecule has 188 valence electrons. The number of carbonyl (C=O) groups is 4. The molecule has 2 rings (SSSR count). The van der Waals surface area contributed by atoms with Crippen molar-refractivity contribution in [2.45, 2.75) is 44.6 Å². The first-order valence-corrected chi connectivity index (χ1v) is 12.0. The lowest BCUT2D eigenvalue weighted by Gasteiger charge is -2.36. The number of piperazine rings is 1. The molecule has 0 saturated carbocycles. The minimum absolute atomic E-state index is 0.0113. The van der Waals surface area contributed by atoms with Crippen LogP contribution in [0.2, 0.25) is 0 Å². The Labute approximate surface area is 196 Å². The average Bonchev–Trinajstić information content (AvgIpc) is 3.19. The number of carboxylic acids is 1. The van der Waals surface area contributed by atoms with Gasteiger partial charge in [0.2, 0.25) is 17.7 Å². The van der Waals surface area contributed by atoms with Gasteiger partial charge in [-0.2, -0.15) is 0 Å². The van der Waals surface area contributed by atoms with Crippen molar-refractivity contribution in [2.75, 3.05) is 72.5 Å². The van der Waals surface area contributed by atoms with E-state index in [1.807, 2.05) is 0 Å². The Morgan fingerprint density at radius 3 is 2.06 bits per heavy atom. The fourth-order valence-corrected chi connectivity index (χ4v) is 4.15. The number of nitrogens with zero attached hydrogens (tertiary/aromatic N) is 3. The normalized spacial score (nSPS) is 19.8. The minimum Gasteiger partial charge on any atom is -0.481 e. The fraction of sp³-hybridized carbons (Fsp3) is 0.818. The van der Waals surface area contributed by atoms with Gasteiger partial charge in [0.05, 0.1) is 6.54 Å². The standard InChI is InChI=1S/C22H40N6O5/c1-26-12-14-27(15-13-26)16-18-4-3-11-28(18)17-21(31)25-10-7-20(30)24-9-6-19(29)23-8-2-5-22(32)33/h18H,2-17H2,1H3,(H,23,29)(H,24,30)(H,25,31)(H,32,33)/i1+1,3+1,4+1,6+1,9+1,11+1,16+1,18+1,19+1,23+1,24+1,25+1,28+1. The van der Waals surface area contributed by atoms with Crippen LogP contribution in [0.3, 0.4) is 0 Å². The van der Waals surface area contributed by atoms with Gasteiger partial charge in [-0.05, 0) is 32.9 Å². The maximum Gasteiger partial charge on any atom is 0.303 e. The van der Waals surface area contributed by atoms with Gasteiger partial charge < -0.3 is 26.0 Å². The third kappa shape index (κ3) is 11.4. The number of nitrogens with one attached hydrogen (secondary N) is 3. The van der Waals surface area contributed by atoms with Crippen LogP contribution in [-0.4, -0.2) is 122 Å². The highest BCUT2D eigenvalue weighted by molar-refractivity contribution is 5.81. The first-order valence-electron chi connectivity index (χ1n) is 12.0. The van der Waals surface area contributed by atoms with E-state index in [0.717, 1.165) is 52.1 Å². The Morgan fingerprint density at radius 1 is 0.818 bits per heavy atom. The summed E-state index contributed by atoms with van der Waals surface area (Å²) in [5, 5.41) is 16.6. The summed E-state index contributed by atoms with van der Waals surface area (Å²) < 4.78 is 0. The van der Waals surface area contributed by atoms with Gasteiger partial charge in [-0.3, -0.25) is 29.0 Å². The number of amides is 3. The molecule has 33 heavy (non-hydrogen) atoms. The first-order chi connectivity index (χ1) is 15.8. The lowest BCUT2D eigenvalue weighted by molar-refractivity contribution is -0.137. The number of aliphatic carboxylic acids is 1. The van der Waals surface area contributed by atoms with E-state index in [4.69, 9.17) is 5.11 Å². The highest BCUT2D eigenvalue weighted by atomic mass is 16.4. The molecule has 2 aliphatic heterocycles. The fourth-order valence-electron chi connectivity index (χ4n) is 4.15. The number of carboxylic acid groups (broad SMARTS) is 1. The van der Waals surface area contributed by atoms with Crippen LogP contribution in [0.25, 0.3) is 0 Å². The van der Waals surface area contributed by atoms with E-state index in [1.54, 1.807) is 0 Å². The Bertz CT molecular complexity index is 653. The van der Waals surface area contributed by atoms with Crippen molar-refractivity contribution in [3.63, 3.8) is 0 Å². The molecule has 1 unspecified atom stereocenters. The van der Waals surface area contributed by atoms with E-state index < -0.39 is 5.97 Å². The molecule has 2 aliphatic rings. The predicted molar refractivity (Wildman–Crippen MR) is 124 cm³/mol. The van der Waals surface area contributed by atoms with E-state index >= 15 is 0 Å². The molecule has 11 nitrogen and oxygen atoms in total. The maximum atomic E-state index is 12.3. The molecular weight excluding hydrogens is 441 g/mol. The quantitative estimate of drug-likeness (QED) is 0.137. The van der Waals surface area contributed by atoms with Gasteiger partial charge >= 0.3 is 5.97 Å². The van der Waals surface area contributed by atoms with Gasteiger partial charge in [0, 0.05) is 77.7 Å². The molecule has 1 atom stereocenters. The first kappa shape index (κ1) is 27.0. The van der Waals surface area contributed by atoms with Crippen LogP contribution in [0.5, 0.6) is 0 Å². The number of hydrogen-bond donors (Lipinski definition) is 4. The second-order valence-corrected chi connectivity index (χ2v) is 8.92. The predicted octanol–water partition coefficient (Wildman–Crippen LogP) is -1.31. The molecule has 0 aliphatic carbocycles. The summed E-state index contributed by atoms with van der Waals surface area (Å²) >= 11 is 0. The molecule has 0 aromatic carbocycles. The monoisotopic (exact) mass is 481 g/mol. The number of likely N-dealkylation sites (tertiary alicyclic amines) is 1. The minimum atomic E-state index is -0.894. The summed E-state index contributed by atoms with van der Waals surface area (Å²) in [4.78, 5) is 53.4. The SMILES string of the molecule is [13CH3]N1CCN([13CH2][13CH]2[13CH2][13CH2][13CH2][15N]2CC(=O)[15NH]CCC(=O)[15NH][13CH2][13CH2][13C](=O)[15NH]CCCC(=O)O)CC1. The molecule has 2 fully saturated rings. The number of likely N-dealkylation sites (N-methyl/N-ethyl adjacent to an activating group) is 1. The lowest BCUT2D eigenvalue weighted by Crippen LogP contribution is -2.50. The van der Waals surface area contributed by atoms with Gasteiger partial charge in [-0.1, -0.05) is 0 Å². The average molecular weight is 482 g/mol. The van der Waals surface area contributed by atoms with E-state index in [2.05, 4.69) is 37.7 Å². The van der Waals surface area contributed by atoms with Gasteiger partial charge in [-0.25, -0.2) is 0 Å². The molecule has 0 aromatic heterocycles. The molecule has 0 aromatic rings. The van der Waals surface area contributed by atoms with Crippen molar-refractivity contribution in [3.8, 4) is 0 Å². The Kier molecular flexibility index (Phi) is 12.1. The van der Waals surface area contributed by atoms with Gasteiger partial charge in [0.15, 0.2) is 0 Å². The maximum absolute atomic E-state index is 12.3. The van der Waals surface area contributed by atoms with E-state index in [9.17, 15) is 19.2 Å². The van der Waals surface area contributed by atoms with Gasteiger partial charge in [0.1, 0.15) is 0 Å². The van der Waals surface area contributed by atoms with Crippen LogP contribution in [-0.2, 0) is 19.2 Å². The zero-order chi connectivity index (χ0) is 24.1. The van der Waals surface area contributed by atoms with E-state index in [1.165, 1.54) is 0 Å². The summed E-state index contributed by atoms with van der Waals surface area (Å²) in [5.74, 6) is -1.41. The van der Waals surface area contributed by atoms with Crippen LogP contribution < -0.4 is 16.0 Å². The number of carbonyl (C=O) groups excluding carboxylic acids is 3. The van der Waals surface area contributed by atoms with Crippen LogP contribution in [0.4, 0.5) is 0 Å². The molecule has 0 bridgehead atoms. The molecule has 2 saturated heterocycles. The van der Waals surface area contributed by atoms with Crippen molar-refractivity contribution < 1.29 is 24.3 Å². The molecule has 4 N–H and O–H groups in total. The van der Waals surface area contributed by atoms with Gasteiger partial charge in [-0.15, -0.1) is 0 Å². The van der Waals surface area contributed by atoms with Crippen LogP contribution in [0, 0.1) is 0 Å². The smallest absolute Gasteiger partial charge is 0.303 e. The van der Waals surface area contributed by atoms with Gasteiger partial charge in [0.25, 0.3) is 0 Å². The van der Waals surface area contributed by atoms with Crippen molar-refractivity contribution in [3.05, 3.63) is 0 Å². The van der Waals surface area contributed by atoms with Crippen molar-refractivity contribution in [2.24, 2.45) is 0 Å². The summed E-state index contributed by atoms with van der Waals surface area (Å²) in [6.07, 6.45) is 2.92. The summed E-state index contributed by atoms with van der Waals surface area (Å²) in [6.45, 7) is 7.42. The molecular formula is C22H40N6O5. The summed E-state index contributed by atoms with van der Waals surface area (Å²) in [5.41, 5.74) is 0. The Hall–Kier alpha value is -2.24. The van der Waals surface area contributed by atoms with Crippen molar-refractivity contribution >= 4 is 23.7 Å². The Morgan fingerprint density at radius 2 is 1.42 bits per heavy atom. The number of rotatable bonds is 14. The van der Waals surface area contributed by atoms with E-state index in [0.29, 0.717) is 25.6 Å². The lowest BCUT2D eigenvalue weighted by atomic mass is 10.3. The molecule has 2 heterocycles. The largest absolute Gasteiger partial charge is 0.481 e. The zero-order valence-corrected chi connectivity index (χ0v) is 19.8. The second-order valence-electron chi connectivity index (χ2n) is 8.92. The molecule has 3 amide bonds. The summed E-state index contributed by atoms with van der Waals surface area (Å²) in [6, 6.07) is 0.415. The highest BCUT2D eigenvalue weighted by Gasteiger charge is 2.28. The highest BCUT2D eigenvalue weighted by Crippen LogP contribution is 2.18. The molecule has 0 radical (unpaired) electrons. The van der Waals surface area contributed by atoms with Crippen molar-refractivity contribution in [1.29, 1.82) is 0 Å². The molecule has 11 heteroatoms. The zero-order valence-electron chi connectivity index (χ0n) is 19.8. The third-order valence-corrected chi connectivity index (χ3v) is 6.15.